The topological polar surface area (TPSA) is 43.1 Å². The monoisotopic (exact) mass is 429 g/mol. The number of nitrogen functional groups attached to an aromatic ring is 1. The minimum atomic E-state index is -0.428. The van der Waals surface area contributed by atoms with E-state index >= 15 is 0 Å². The molecule has 3 rings (SSSR count). The first kappa shape index (κ1) is 16.2. The molecule has 2 aliphatic rings. The highest BCUT2D eigenvalue weighted by Gasteiger charge is 2.47. The van der Waals surface area contributed by atoms with Gasteiger partial charge in [-0.25, -0.2) is 4.39 Å². The predicted octanol–water partition coefficient (Wildman–Crippen LogP) is 5.37. The van der Waals surface area contributed by atoms with Gasteiger partial charge in [0.25, 0.3) is 0 Å². The first-order valence-electron chi connectivity index (χ1n) is 7.61. The van der Waals surface area contributed by atoms with Gasteiger partial charge in [-0.3, -0.25) is 4.79 Å². The number of Topliss-reactive ketones (excluding diaryl/α,β-unsaturated/α-hetero) is 1. The minimum Gasteiger partial charge on any atom is -0.395 e. The highest BCUT2D eigenvalue weighted by atomic mass is 79.9. The summed E-state index contributed by atoms with van der Waals surface area (Å²) >= 11 is 6.94. The molecular weight excluding hydrogens is 413 g/mol. The Balaban J connectivity index is 2.23. The number of carbonyl (C=O) groups excluding carboxylic acids is 1. The van der Waals surface area contributed by atoms with Crippen LogP contribution in [0.25, 0.3) is 5.57 Å². The van der Waals surface area contributed by atoms with Gasteiger partial charge in [0.1, 0.15) is 5.82 Å². The lowest BCUT2D eigenvalue weighted by atomic mass is 9.69. The van der Waals surface area contributed by atoms with Crippen LogP contribution in [0.1, 0.15) is 50.2 Å². The lowest BCUT2D eigenvalue weighted by molar-refractivity contribution is -0.115. The molecule has 0 aliphatic heterocycles. The van der Waals surface area contributed by atoms with Crippen LogP contribution in [-0.2, 0) is 11.2 Å². The molecule has 0 heterocycles. The van der Waals surface area contributed by atoms with Gasteiger partial charge in [-0.05, 0) is 73.9 Å². The van der Waals surface area contributed by atoms with Crippen molar-refractivity contribution in [3.63, 3.8) is 0 Å². The molecule has 0 amide bonds. The minimum absolute atomic E-state index is 0.0617. The van der Waals surface area contributed by atoms with Crippen molar-refractivity contribution in [2.75, 3.05) is 5.73 Å². The zero-order valence-corrected chi connectivity index (χ0v) is 15.6. The van der Waals surface area contributed by atoms with Crippen LogP contribution in [0.2, 0.25) is 0 Å². The number of hydrogen-bond donors (Lipinski definition) is 1. The van der Waals surface area contributed by atoms with Crippen LogP contribution in [0.3, 0.4) is 0 Å². The molecule has 0 saturated carbocycles. The van der Waals surface area contributed by atoms with E-state index in [4.69, 9.17) is 5.73 Å². The van der Waals surface area contributed by atoms with Crippen molar-refractivity contribution in [1.82, 2.24) is 0 Å². The molecule has 0 fully saturated rings. The van der Waals surface area contributed by atoms with Crippen molar-refractivity contribution in [2.24, 2.45) is 5.41 Å². The fourth-order valence-corrected chi connectivity index (χ4v) is 5.18. The summed E-state index contributed by atoms with van der Waals surface area (Å²) in [6.45, 7) is 2.17. The van der Waals surface area contributed by atoms with Crippen molar-refractivity contribution >= 4 is 48.9 Å². The normalized spacial score (nSPS) is 23.7. The van der Waals surface area contributed by atoms with Crippen molar-refractivity contribution < 1.29 is 9.18 Å². The molecule has 5 heteroatoms. The molecule has 2 nitrogen and oxygen atoms in total. The van der Waals surface area contributed by atoms with Crippen molar-refractivity contribution in [2.45, 2.75) is 45.4 Å². The molecule has 118 valence electrons. The van der Waals surface area contributed by atoms with Gasteiger partial charge >= 0.3 is 0 Å². The molecule has 0 spiro atoms. The van der Waals surface area contributed by atoms with E-state index in [9.17, 15) is 9.18 Å². The first-order valence-corrected chi connectivity index (χ1v) is 9.20. The SMILES string of the molecule is CCCCC12CCC(=O)C(Br)=C1c1cc(F)c(N)c(Br)c1C2. The fraction of sp³-hybridized carbons (Fsp3) is 0.471. The summed E-state index contributed by atoms with van der Waals surface area (Å²) in [6, 6.07) is 1.50. The molecule has 2 aliphatic carbocycles. The standard InChI is InChI=1S/C17H18Br2FNO/c1-2-3-5-17-6-4-12(22)15(19)13(17)9-7-11(20)16(21)14(18)10(9)8-17/h7H,2-6,8,21H2,1H3. The molecule has 1 atom stereocenters. The van der Waals surface area contributed by atoms with Crippen LogP contribution in [-0.4, -0.2) is 5.78 Å². The second-order valence-electron chi connectivity index (χ2n) is 6.28. The zero-order valence-electron chi connectivity index (χ0n) is 12.4. The number of rotatable bonds is 3. The van der Waals surface area contributed by atoms with Crippen molar-refractivity contribution in [3.8, 4) is 0 Å². The molecule has 0 saturated heterocycles. The third kappa shape index (κ3) is 2.28. The van der Waals surface area contributed by atoms with E-state index in [0.29, 0.717) is 15.4 Å². The molecule has 1 unspecified atom stereocenters. The number of ketones is 1. The van der Waals surface area contributed by atoms with Gasteiger partial charge in [-0.15, -0.1) is 0 Å². The summed E-state index contributed by atoms with van der Waals surface area (Å²) in [7, 11) is 0. The van der Waals surface area contributed by atoms with Crippen LogP contribution in [0.4, 0.5) is 10.1 Å². The van der Waals surface area contributed by atoms with Gasteiger partial charge in [0.2, 0.25) is 0 Å². The van der Waals surface area contributed by atoms with Gasteiger partial charge < -0.3 is 5.73 Å². The summed E-state index contributed by atoms with van der Waals surface area (Å²) in [6.07, 6.45) is 5.43. The Morgan fingerprint density at radius 2 is 2.14 bits per heavy atom. The van der Waals surface area contributed by atoms with E-state index in [0.717, 1.165) is 48.8 Å². The largest absolute Gasteiger partial charge is 0.395 e. The summed E-state index contributed by atoms with van der Waals surface area (Å²) in [5, 5.41) is 0. The maximum atomic E-state index is 14.1. The van der Waals surface area contributed by atoms with Gasteiger partial charge in [0.05, 0.1) is 10.2 Å². The molecule has 0 radical (unpaired) electrons. The number of fused-ring (bicyclic) bond motifs is 3. The number of unbranched alkanes of at least 4 members (excludes halogenated alkanes) is 1. The molecular formula is C17H18Br2FNO. The third-order valence-corrected chi connectivity index (χ3v) is 6.72. The number of hydrogen-bond acceptors (Lipinski definition) is 2. The highest BCUT2D eigenvalue weighted by molar-refractivity contribution is 9.12. The van der Waals surface area contributed by atoms with Crippen LogP contribution in [0.15, 0.2) is 15.0 Å². The molecule has 0 aromatic heterocycles. The lowest BCUT2D eigenvalue weighted by Gasteiger charge is -2.35. The van der Waals surface area contributed by atoms with E-state index in [1.165, 1.54) is 6.07 Å². The molecule has 22 heavy (non-hydrogen) atoms. The van der Waals surface area contributed by atoms with E-state index in [-0.39, 0.29) is 16.9 Å². The molecule has 0 bridgehead atoms. The van der Waals surface area contributed by atoms with Crippen LogP contribution in [0, 0.1) is 11.2 Å². The Labute approximate surface area is 146 Å². The Kier molecular flexibility index (Phi) is 4.23. The van der Waals surface area contributed by atoms with Gasteiger partial charge in [-0.1, -0.05) is 19.8 Å². The van der Waals surface area contributed by atoms with E-state index < -0.39 is 5.82 Å². The van der Waals surface area contributed by atoms with Gasteiger partial charge in [-0.2, -0.15) is 0 Å². The van der Waals surface area contributed by atoms with E-state index in [2.05, 4.69) is 38.8 Å². The van der Waals surface area contributed by atoms with E-state index in [1.54, 1.807) is 0 Å². The predicted molar refractivity (Wildman–Crippen MR) is 94.3 cm³/mol. The summed E-state index contributed by atoms with van der Waals surface area (Å²) in [5.41, 5.74) is 8.80. The zero-order chi connectivity index (χ0) is 16.1. The number of nitrogens with two attached hydrogens (primary N) is 1. The second-order valence-corrected chi connectivity index (χ2v) is 7.87. The van der Waals surface area contributed by atoms with E-state index in [1.807, 2.05) is 0 Å². The number of benzene rings is 1. The Bertz CT molecular complexity index is 698. The number of allylic oxidation sites excluding steroid dienone is 2. The number of halogens is 3. The third-order valence-electron chi connectivity index (χ3n) is 4.97. The smallest absolute Gasteiger partial charge is 0.170 e. The van der Waals surface area contributed by atoms with Gasteiger partial charge in [0.15, 0.2) is 5.78 Å². The molecule has 1 aromatic rings. The lowest BCUT2D eigenvalue weighted by Crippen LogP contribution is -2.27. The Hall–Kier alpha value is -0.680. The van der Waals surface area contributed by atoms with Crippen molar-refractivity contribution in [1.29, 1.82) is 0 Å². The van der Waals surface area contributed by atoms with Crippen LogP contribution in [0.5, 0.6) is 0 Å². The maximum Gasteiger partial charge on any atom is 0.170 e. The Morgan fingerprint density at radius 3 is 2.82 bits per heavy atom. The van der Waals surface area contributed by atoms with Crippen LogP contribution < -0.4 is 5.73 Å². The molecule has 1 aromatic carbocycles. The number of carbonyl (C=O) groups is 1. The first-order chi connectivity index (χ1) is 10.4. The summed E-state index contributed by atoms with van der Waals surface area (Å²) in [5.74, 6) is -0.314. The van der Waals surface area contributed by atoms with Crippen molar-refractivity contribution in [3.05, 3.63) is 32.0 Å². The average molecular weight is 431 g/mol. The van der Waals surface area contributed by atoms with Gasteiger partial charge in [0, 0.05) is 16.3 Å². The average Bonchev–Trinajstić information content (AvgIpc) is 2.82. The second kappa shape index (κ2) is 5.75. The molecule has 2 N–H and O–H groups in total. The van der Waals surface area contributed by atoms with Crippen LogP contribution >= 0.6 is 31.9 Å². The number of anilines is 1. The summed E-state index contributed by atoms with van der Waals surface area (Å²) < 4.78 is 15.4. The highest BCUT2D eigenvalue weighted by Crippen LogP contribution is 2.59. The summed E-state index contributed by atoms with van der Waals surface area (Å²) in [4.78, 5) is 12.2. The quantitative estimate of drug-likeness (QED) is 0.654. The Morgan fingerprint density at radius 1 is 1.41 bits per heavy atom. The fourth-order valence-electron chi connectivity index (χ4n) is 3.81. The maximum absolute atomic E-state index is 14.1.